The van der Waals surface area contributed by atoms with E-state index in [1.54, 1.807) is 60.7 Å². The molecule has 0 aromatic heterocycles. The van der Waals surface area contributed by atoms with E-state index in [0.717, 1.165) is 11.1 Å². The first-order chi connectivity index (χ1) is 19.5. The fraction of sp³-hybridized carbons (Fsp3) is 0.345. The molecule has 11 nitrogen and oxygen atoms in total. The number of amides is 2. The quantitative estimate of drug-likeness (QED) is 0.173. The number of aliphatic hydroxyl groups is 2. The van der Waals surface area contributed by atoms with Crippen LogP contribution in [0.25, 0.3) is 6.08 Å². The van der Waals surface area contributed by atoms with Gasteiger partial charge in [-0.1, -0.05) is 24.3 Å². The van der Waals surface area contributed by atoms with Crippen LogP contribution in [0.15, 0.2) is 66.4 Å². The van der Waals surface area contributed by atoms with E-state index in [0.29, 0.717) is 16.7 Å². The van der Waals surface area contributed by atoms with Gasteiger partial charge in [-0.05, 0) is 47.5 Å². The molecule has 0 spiro atoms. The van der Waals surface area contributed by atoms with E-state index < -0.39 is 24.3 Å². The van der Waals surface area contributed by atoms with Crippen LogP contribution < -0.4 is 10.6 Å². The Bertz CT molecular complexity index is 1240. The molecule has 3 unspecified atom stereocenters. The highest BCUT2D eigenvalue weighted by atomic mass is 16.7. The molecule has 0 radical (unpaired) electrons. The number of hydrogen-bond donors (Lipinski definition) is 4. The molecule has 40 heavy (non-hydrogen) atoms. The summed E-state index contributed by atoms with van der Waals surface area (Å²) in [6.07, 6.45) is 3.23. The molecule has 2 aromatic rings. The molecule has 2 amide bonds. The largest absolute Gasteiger partial charge is 0.499 e. The van der Waals surface area contributed by atoms with Crippen molar-refractivity contribution in [3.63, 3.8) is 0 Å². The molecular weight excluding hydrogens is 520 g/mol. The van der Waals surface area contributed by atoms with Crippen LogP contribution in [0.2, 0.25) is 0 Å². The van der Waals surface area contributed by atoms with Gasteiger partial charge in [0.05, 0.1) is 25.0 Å². The molecular formula is C29H32N2O9. The Kier molecular flexibility index (Phi) is 10.4. The number of hydrogen-bond acceptors (Lipinski definition) is 9. The highest BCUT2D eigenvalue weighted by molar-refractivity contribution is 5.95. The zero-order valence-electron chi connectivity index (χ0n) is 21.8. The summed E-state index contributed by atoms with van der Waals surface area (Å²) in [5.41, 5.74) is 2.69. The SMILES string of the molecule is O=C(NCc1cccc(C(=O)NCCO)c1)C1=CC2OCOC2C(OC(=O)c2ccc(C=COCCO)cc2)C1. The summed E-state index contributed by atoms with van der Waals surface area (Å²) in [7, 11) is 0. The van der Waals surface area contributed by atoms with Crippen LogP contribution >= 0.6 is 0 Å². The molecule has 2 aromatic carbocycles. The lowest BCUT2D eigenvalue weighted by molar-refractivity contribution is -0.118. The Morgan fingerprint density at radius 2 is 1.80 bits per heavy atom. The van der Waals surface area contributed by atoms with E-state index in [4.69, 9.17) is 29.2 Å². The zero-order valence-corrected chi connectivity index (χ0v) is 21.8. The van der Waals surface area contributed by atoms with Gasteiger partial charge in [0.15, 0.2) is 0 Å². The number of benzene rings is 2. The topological polar surface area (TPSA) is 153 Å². The average Bonchev–Trinajstić information content (AvgIpc) is 3.46. The van der Waals surface area contributed by atoms with Gasteiger partial charge >= 0.3 is 5.97 Å². The lowest BCUT2D eigenvalue weighted by Gasteiger charge is -2.30. The maximum Gasteiger partial charge on any atom is 0.338 e. The van der Waals surface area contributed by atoms with Crippen molar-refractivity contribution in [1.29, 1.82) is 0 Å². The summed E-state index contributed by atoms with van der Waals surface area (Å²) in [5, 5.41) is 23.1. The van der Waals surface area contributed by atoms with Crippen molar-refractivity contribution in [2.24, 2.45) is 0 Å². The van der Waals surface area contributed by atoms with Crippen molar-refractivity contribution >= 4 is 23.9 Å². The number of nitrogens with one attached hydrogen (secondary N) is 2. The van der Waals surface area contributed by atoms with Crippen LogP contribution in [-0.2, 0) is 30.3 Å². The monoisotopic (exact) mass is 552 g/mol. The van der Waals surface area contributed by atoms with E-state index in [1.807, 2.05) is 0 Å². The van der Waals surface area contributed by atoms with Gasteiger partial charge in [-0.2, -0.15) is 0 Å². The minimum atomic E-state index is -0.726. The van der Waals surface area contributed by atoms with Crippen LogP contribution in [0.5, 0.6) is 0 Å². The summed E-state index contributed by atoms with van der Waals surface area (Å²) < 4.78 is 22.1. The van der Waals surface area contributed by atoms with E-state index >= 15 is 0 Å². The molecule has 4 N–H and O–H groups in total. The van der Waals surface area contributed by atoms with Crippen molar-refractivity contribution in [2.45, 2.75) is 31.3 Å². The molecule has 0 saturated carbocycles. The predicted molar refractivity (Wildman–Crippen MR) is 143 cm³/mol. The van der Waals surface area contributed by atoms with Gasteiger partial charge in [0, 0.05) is 30.6 Å². The summed E-state index contributed by atoms with van der Waals surface area (Å²) in [5.74, 6) is -1.21. The maximum atomic E-state index is 13.0. The molecule has 212 valence electrons. The highest BCUT2D eigenvalue weighted by Crippen LogP contribution is 2.31. The fourth-order valence-corrected chi connectivity index (χ4v) is 4.30. The Morgan fingerprint density at radius 3 is 2.58 bits per heavy atom. The number of carbonyl (C=O) groups excluding carboxylic acids is 3. The first-order valence-corrected chi connectivity index (χ1v) is 12.9. The van der Waals surface area contributed by atoms with Crippen molar-refractivity contribution < 1.29 is 43.5 Å². The van der Waals surface area contributed by atoms with Crippen molar-refractivity contribution in [3.8, 4) is 0 Å². The molecule has 1 heterocycles. The number of carbonyl (C=O) groups is 3. The van der Waals surface area contributed by atoms with Crippen LogP contribution in [0.1, 0.15) is 38.3 Å². The van der Waals surface area contributed by atoms with E-state index in [9.17, 15) is 14.4 Å². The Hall–Kier alpha value is -4.03. The smallest absolute Gasteiger partial charge is 0.338 e. The Morgan fingerprint density at radius 1 is 0.975 bits per heavy atom. The van der Waals surface area contributed by atoms with Crippen LogP contribution in [0, 0.1) is 0 Å². The predicted octanol–water partition coefficient (Wildman–Crippen LogP) is 1.30. The van der Waals surface area contributed by atoms with Gasteiger partial charge in [-0.25, -0.2) is 4.79 Å². The third-order valence-electron chi connectivity index (χ3n) is 6.30. The molecule has 1 fully saturated rings. The minimum absolute atomic E-state index is 0.0271. The highest BCUT2D eigenvalue weighted by Gasteiger charge is 2.42. The molecule has 4 rings (SSSR count). The normalized spacial score (nSPS) is 19.9. The van der Waals surface area contributed by atoms with E-state index in [2.05, 4.69) is 10.6 Å². The molecule has 0 bridgehead atoms. The van der Waals surface area contributed by atoms with Crippen LogP contribution in [0.4, 0.5) is 0 Å². The van der Waals surface area contributed by atoms with Gasteiger partial charge in [-0.15, -0.1) is 0 Å². The van der Waals surface area contributed by atoms with Gasteiger partial charge in [-0.3, -0.25) is 9.59 Å². The summed E-state index contributed by atoms with van der Waals surface area (Å²) in [6.45, 7) is 0.320. The zero-order chi connectivity index (χ0) is 28.3. The first kappa shape index (κ1) is 29.0. The maximum absolute atomic E-state index is 13.0. The number of rotatable bonds is 12. The second kappa shape index (κ2) is 14.4. The Labute approximate surface area is 231 Å². The second-order valence-electron chi connectivity index (χ2n) is 9.10. The van der Waals surface area contributed by atoms with Gasteiger partial charge in [0.25, 0.3) is 5.91 Å². The molecule has 1 saturated heterocycles. The van der Waals surface area contributed by atoms with Gasteiger partial charge in [0.2, 0.25) is 5.91 Å². The molecule has 11 heteroatoms. The number of ether oxygens (including phenoxy) is 4. The minimum Gasteiger partial charge on any atom is -0.499 e. The second-order valence-corrected chi connectivity index (χ2v) is 9.10. The van der Waals surface area contributed by atoms with E-state index in [1.165, 1.54) is 6.26 Å². The van der Waals surface area contributed by atoms with Crippen LogP contribution in [-0.4, -0.2) is 79.5 Å². The molecule has 1 aliphatic heterocycles. The summed E-state index contributed by atoms with van der Waals surface area (Å²) in [4.78, 5) is 38.1. The first-order valence-electron chi connectivity index (χ1n) is 12.9. The van der Waals surface area contributed by atoms with Gasteiger partial charge in [0.1, 0.15) is 31.7 Å². The standard InChI is InChI=1S/C29H32N2O9/c32-10-9-30-27(34)22-3-1-2-20(14-22)17-31-28(35)23-15-24-26(39-18-38-24)25(16-23)40-29(36)21-6-4-19(5-7-21)8-12-37-13-11-33/h1-8,12,14-15,24-26,32-33H,9-11,13,16-18H2,(H,30,34)(H,31,35). The third-order valence-corrected chi connectivity index (χ3v) is 6.30. The molecule has 1 aliphatic carbocycles. The average molecular weight is 553 g/mol. The van der Waals surface area contributed by atoms with E-state index in [-0.39, 0.29) is 57.9 Å². The summed E-state index contributed by atoms with van der Waals surface area (Å²) in [6, 6.07) is 13.5. The van der Waals surface area contributed by atoms with Crippen LogP contribution in [0.3, 0.4) is 0 Å². The van der Waals surface area contributed by atoms with Gasteiger partial charge < -0.3 is 39.8 Å². The lowest BCUT2D eigenvalue weighted by Crippen LogP contribution is -2.43. The number of esters is 1. The lowest BCUT2D eigenvalue weighted by atomic mass is 9.91. The molecule has 3 atom stereocenters. The number of aliphatic hydroxyl groups excluding tert-OH is 2. The summed E-state index contributed by atoms with van der Waals surface area (Å²) >= 11 is 0. The number of fused-ring (bicyclic) bond motifs is 1. The fourth-order valence-electron chi connectivity index (χ4n) is 4.30. The van der Waals surface area contributed by atoms with Crippen molar-refractivity contribution in [3.05, 3.63) is 88.7 Å². The third kappa shape index (κ3) is 7.76. The van der Waals surface area contributed by atoms with Crippen molar-refractivity contribution in [1.82, 2.24) is 10.6 Å². The molecule has 2 aliphatic rings. The van der Waals surface area contributed by atoms with Crippen molar-refractivity contribution in [2.75, 3.05) is 33.2 Å². The Balaban J connectivity index is 1.35.